The lowest BCUT2D eigenvalue weighted by molar-refractivity contribution is 0.608. The Morgan fingerprint density at radius 1 is 1.38 bits per heavy atom. The summed E-state index contributed by atoms with van der Waals surface area (Å²) >= 11 is 0. The first kappa shape index (κ1) is 5.67. The fourth-order valence-electron chi connectivity index (χ4n) is 1.26. The third-order valence-electron chi connectivity index (χ3n) is 1.71. The average Bonchev–Trinajstić information content (AvgIpc) is 2.19. The molecule has 0 saturated heterocycles. The summed E-state index contributed by atoms with van der Waals surface area (Å²) in [4.78, 5) is 0. The van der Waals surface area contributed by atoms with Crippen molar-refractivity contribution in [2.24, 2.45) is 0 Å². The Bertz CT molecular complexity index is 72.5. The monoisotopic (exact) mass is 111 g/mol. The first-order chi connectivity index (χ1) is 3.93. The Hall–Kier alpha value is -0.460. The lowest BCUT2D eigenvalue weighted by Crippen LogP contribution is -2.18. The van der Waals surface area contributed by atoms with E-state index in [1.807, 2.05) is 0 Å². The first-order valence-corrected chi connectivity index (χ1v) is 3.30. The van der Waals surface area contributed by atoms with Gasteiger partial charge in [0.15, 0.2) is 0 Å². The van der Waals surface area contributed by atoms with Gasteiger partial charge in [-0.2, -0.15) is 0 Å². The molecule has 0 atom stereocenters. The molecule has 0 unspecified atom stereocenters. The van der Waals surface area contributed by atoms with Crippen molar-refractivity contribution in [3.8, 4) is 0 Å². The third kappa shape index (κ3) is 1.25. The van der Waals surface area contributed by atoms with Gasteiger partial charge in [-0.15, -0.1) is 0 Å². The van der Waals surface area contributed by atoms with Crippen molar-refractivity contribution >= 4 is 0 Å². The van der Waals surface area contributed by atoms with E-state index in [0.717, 1.165) is 6.04 Å². The fourth-order valence-corrected chi connectivity index (χ4v) is 1.26. The number of nitrogens with one attached hydrogen (secondary N) is 1. The molecule has 0 aliphatic heterocycles. The second-order valence-corrected chi connectivity index (χ2v) is 2.35. The molecule has 46 valence electrons. The van der Waals surface area contributed by atoms with Crippen molar-refractivity contribution in [3.05, 3.63) is 12.8 Å². The molecule has 0 amide bonds. The highest BCUT2D eigenvalue weighted by Crippen LogP contribution is 2.16. The van der Waals surface area contributed by atoms with Crippen molar-refractivity contribution in [3.63, 3.8) is 0 Å². The molecule has 1 N–H and O–H groups in total. The molecule has 0 heterocycles. The van der Waals surface area contributed by atoms with E-state index in [9.17, 15) is 0 Å². The molecule has 0 aromatic heterocycles. The highest BCUT2D eigenvalue weighted by molar-refractivity contribution is 4.78. The van der Waals surface area contributed by atoms with Crippen LogP contribution in [0.15, 0.2) is 12.8 Å². The minimum atomic E-state index is 0.743. The van der Waals surface area contributed by atoms with E-state index in [-0.39, 0.29) is 0 Å². The molecular formula is C7H13N. The topological polar surface area (TPSA) is 12.0 Å². The van der Waals surface area contributed by atoms with Crippen LogP contribution in [0.5, 0.6) is 0 Å². The Balaban J connectivity index is 2.14. The summed E-state index contributed by atoms with van der Waals surface area (Å²) in [5, 5.41) is 3.21. The first-order valence-electron chi connectivity index (χ1n) is 3.30. The van der Waals surface area contributed by atoms with Crippen molar-refractivity contribution in [2.45, 2.75) is 31.7 Å². The van der Waals surface area contributed by atoms with Crippen LogP contribution in [-0.4, -0.2) is 6.04 Å². The Morgan fingerprint density at radius 2 is 2.00 bits per heavy atom. The van der Waals surface area contributed by atoms with Crippen LogP contribution >= 0.6 is 0 Å². The van der Waals surface area contributed by atoms with Gasteiger partial charge in [0.1, 0.15) is 0 Å². The van der Waals surface area contributed by atoms with Crippen LogP contribution in [0.2, 0.25) is 0 Å². The van der Waals surface area contributed by atoms with Crippen LogP contribution in [-0.2, 0) is 0 Å². The molecule has 0 bridgehead atoms. The molecular weight excluding hydrogens is 98.1 g/mol. The summed E-state index contributed by atoms with van der Waals surface area (Å²) in [7, 11) is 0. The number of rotatable bonds is 2. The minimum Gasteiger partial charge on any atom is -0.389 e. The van der Waals surface area contributed by atoms with E-state index >= 15 is 0 Å². The van der Waals surface area contributed by atoms with Gasteiger partial charge in [0.25, 0.3) is 0 Å². The minimum absolute atomic E-state index is 0.743. The van der Waals surface area contributed by atoms with Gasteiger partial charge in [-0.05, 0) is 19.0 Å². The van der Waals surface area contributed by atoms with Crippen LogP contribution in [0.3, 0.4) is 0 Å². The lowest BCUT2D eigenvalue weighted by Gasteiger charge is -2.06. The maximum atomic E-state index is 3.61. The van der Waals surface area contributed by atoms with Gasteiger partial charge in [0.2, 0.25) is 0 Å². The van der Waals surface area contributed by atoms with Crippen molar-refractivity contribution in [1.29, 1.82) is 0 Å². The zero-order valence-electron chi connectivity index (χ0n) is 5.19. The van der Waals surface area contributed by atoms with Crippen LogP contribution in [0, 0.1) is 0 Å². The van der Waals surface area contributed by atoms with Crippen molar-refractivity contribution < 1.29 is 0 Å². The molecule has 1 fully saturated rings. The summed E-state index contributed by atoms with van der Waals surface area (Å²) in [5.74, 6) is 0. The summed E-state index contributed by atoms with van der Waals surface area (Å²) in [6, 6.07) is 0.743. The Kier molecular flexibility index (Phi) is 1.95. The summed E-state index contributed by atoms with van der Waals surface area (Å²) in [5.41, 5.74) is 0. The second-order valence-electron chi connectivity index (χ2n) is 2.35. The SMILES string of the molecule is C=CNC1CCCC1. The number of hydrogen-bond acceptors (Lipinski definition) is 1. The normalized spacial score (nSPS) is 21.0. The molecule has 1 heteroatoms. The second kappa shape index (κ2) is 2.75. The summed E-state index contributed by atoms with van der Waals surface area (Å²) in [6.07, 6.45) is 7.27. The van der Waals surface area contributed by atoms with Gasteiger partial charge in [-0.3, -0.25) is 0 Å². The van der Waals surface area contributed by atoms with Crippen LogP contribution in [0.4, 0.5) is 0 Å². The largest absolute Gasteiger partial charge is 0.389 e. The van der Waals surface area contributed by atoms with E-state index in [1.165, 1.54) is 25.7 Å². The fraction of sp³-hybridized carbons (Fsp3) is 0.714. The maximum Gasteiger partial charge on any atom is 0.0255 e. The van der Waals surface area contributed by atoms with Gasteiger partial charge < -0.3 is 5.32 Å². The Labute approximate surface area is 50.8 Å². The molecule has 1 aliphatic rings. The molecule has 8 heavy (non-hydrogen) atoms. The highest BCUT2D eigenvalue weighted by atomic mass is 14.9. The van der Waals surface area contributed by atoms with Gasteiger partial charge in [0, 0.05) is 6.04 Å². The molecule has 1 saturated carbocycles. The van der Waals surface area contributed by atoms with Gasteiger partial charge in [-0.25, -0.2) is 0 Å². The third-order valence-corrected chi connectivity index (χ3v) is 1.71. The molecule has 1 rings (SSSR count). The molecule has 0 aromatic rings. The summed E-state index contributed by atoms with van der Waals surface area (Å²) in [6.45, 7) is 3.61. The predicted octanol–water partition coefficient (Wildman–Crippen LogP) is 1.66. The molecule has 0 spiro atoms. The lowest BCUT2D eigenvalue weighted by atomic mass is 10.3. The smallest absolute Gasteiger partial charge is 0.0255 e. The van der Waals surface area contributed by atoms with Crippen LogP contribution < -0.4 is 5.32 Å². The van der Waals surface area contributed by atoms with E-state index in [2.05, 4.69) is 11.9 Å². The molecule has 1 aliphatic carbocycles. The quantitative estimate of drug-likeness (QED) is 0.571. The predicted molar refractivity (Wildman–Crippen MR) is 35.6 cm³/mol. The molecule has 0 radical (unpaired) electrons. The van der Waals surface area contributed by atoms with Gasteiger partial charge in [-0.1, -0.05) is 19.4 Å². The zero-order valence-corrected chi connectivity index (χ0v) is 5.19. The van der Waals surface area contributed by atoms with E-state index < -0.39 is 0 Å². The van der Waals surface area contributed by atoms with E-state index in [0.29, 0.717) is 0 Å². The standard InChI is InChI=1S/C7H13N/c1-2-8-7-5-3-4-6-7/h2,7-8H,1,3-6H2. The van der Waals surface area contributed by atoms with E-state index in [4.69, 9.17) is 0 Å². The molecule has 1 nitrogen and oxygen atoms in total. The van der Waals surface area contributed by atoms with E-state index in [1.54, 1.807) is 6.20 Å². The maximum absolute atomic E-state index is 3.61. The van der Waals surface area contributed by atoms with Gasteiger partial charge in [0.05, 0.1) is 0 Å². The van der Waals surface area contributed by atoms with Crippen LogP contribution in [0.25, 0.3) is 0 Å². The Morgan fingerprint density at radius 3 is 2.50 bits per heavy atom. The van der Waals surface area contributed by atoms with Crippen molar-refractivity contribution in [2.75, 3.05) is 0 Å². The summed E-state index contributed by atoms with van der Waals surface area (Å²) < 4.78 is 0. The van der Waals surface area contributed by atoms with Crippen molar-refractivity contribution in [1.82, 2.24) is 5.32 Å². The molecule has 0 aromatic carbocycles. The number of hydrogen-bond donors (Lipinski definition) is 1. The zero-order chi connectivity index (χ0) is 5.82. The average molecular weight is 111 g/mol. The highest BCUT2D eigenvalue weighted by Gasteiger charge is 2.11. The van der Waals surface area contributed by atoms with Crippen LogP contribution in [0.1, 0.15) is 25.7 Å². The van der Waals surface area contributed by atoms with Gasteiger partial charge >= 0.3 is 0 Å².